The van der Waals surface area contributed by atoms with Gasteiger partial charge in [0.1, 0.15) is 18.7 Å². The van der Waals surface area contributed by atoms with E-state index in [-0.39, 0.29) is 0 Å². The van der Waals surface area contributed by atoms with Crippen LogP contribution in [0.15, 0.2) is 29.0 Å². The zero-order valence-corrected chi connectivity index (χ0v) is 13.0. The maximum atomic E-state index is 5.91. The van der Waals surface area contributed by atoms with Crippen molar-refractivity contribution in [1.82, 2.24) is 14.8 Å². The molecule has 2 aromatic rings. The minimum Gasteiger partial charge on any atom is -0.484 e. The molecule has 1 aromatic carbocycles. The molecule has 0 aliphatic heterocycles. The fraction of sp³-hybridized carbons (Fsp3) is 0.385. The molecule has 19 heavy (non-hydrogen) atoms. The highest BCUT2D eigenvalue weighted by Gasteiger charge is 2.10. The summed E-state index contributed by atoms with van der Waals surface area (Å²) in [6.07, 6.45) is 2.56. The Morgan fingerprint density at radius 3 is 3.00 bits per heavy atom. The van der Waals surface area contributed by atoms with E-state index in [2.05, 4.69) is 32.9 Å². The number of alkyl halides is 1. The highest BCUT2D eigenvalue weighted by Crippen LogP contribution is 2.30. The van der Waals surface area contributed by atoms with Gasteiger partial charge in [0.05, 0.1) is 10.4 Å². The Morgan fingerprint density at radius 1 is 1.42 bits per heavy atom. The molecular weight excluding hydrogens is 330 g/mol. The number of ether oxygens (including phenoxy) is 1. The Hall–Kier alpha value is -1.07. The van der Waals surface area contributed by atoms with Crippen molar-refractivity contribution < 1.29 is 4.74 Å². The molecule has 6 heteroatoms. The smallest absolute Gasteiger partial charge is 0.164 e. The first kappa shape index (κ1) is 14.3. The summed E-state index contributed by atoms with van der Waals surface area (Å²) in [5, 5.41) is 4.17. The minimum absolute atomic E-state index is 0.381. The van der Waals surface area contributed by atoms with Crippen molar-refractivity contribution in [2.75, 3.05) is 0 Å². The molecule has 0 radical (unpaired) electrons. The molecule has 1 heterocycles. The van der Waals surface area contributed by atoms with Gasteiger partial charge in [0.25, 0.3) is 0 Å². The summed E-state index contributed by atoms with van der Waals surface area (Å²) in [5.74, 6) is 2.00. The minimum atomic E-state index is 0.381. The van der Waals surface area contributed by atoms with Gasteiger partial charge in [-0.3, -0.25) is 0 Å². The Balaban J connectivity index is 2.12. The van der Waals surface area contributed by atoms with Crippen LogP contribution in [0, 0.1) is 0 Å². The van der Waals surface area contributed by atoms with Crippen molar-refractivity contribution in [3.05, 3.63) is 40.4 Å². The highest BCUT2D eigenvalue weighted by atomic mass is 79.9. The van der Waals surface area contributed by atoms with Gasteiger partial charge in [0, 0.05) is 12.1 Å². The van der Waals surface area contributed by atoms with E-state index in [1.807, 2.05) is 22.9 Å². The number of hydrogen-bond donors (Lipinski definition) is 0. The van der Waals surface area contributed by atoms with E-state index in [0.29, 0.717) is 12.5 Å². The molecule has 2 rings (SSSR count). The summed E-state index contributed by atoms with van der Waals surface area (Å²) in [4.78, 5) is 4.21. The lowest BCUT2D eigenvalue weighted by molar-refractivity contribution is 0.282. The predicted octanol–water partition coefficient (Wildman–Crippen LogP) is 3.77. The van der Waals surface area contributed by atoms with E-state index in [0.717, 1.165) is 34.6 Å². The van der Waals surface area contributed by atoms with E-state index in [9.17, 15) is 0 Å². The van der Waals surface area contributed by atoms with Crippen LogP contribution in [0.2, 0.25) is 0 Å². The van der Waals surface area contributed by atoms with Crippen LogP contribution in [-0.2, 0) is 19.0 Å². The summed E-state index contributed by atoms with van der Waals surface area (Å²) < 4.78 is 8.59. The van der Waals surface area contributed by atoms with Crippen molar-refractivity contribution >= 4 is 27.5 Å². The fourth-order valence-corrected chi connectivity index (χ4v) is 2.49. The number of halogens is 2. The van der Waals surface area contributed by atoms with E-state index >= 15 is 0 Å². The summed E-state index contributed by atoms with van der Waals surface area (Å²) >= 11 is 9.39. The number of aromatic nitrogens is 3. The number of para-hydroxylation sites is 1. The van der Waals surface area contributed by atoms with Gasteiger partial charge in [0.15, 0.2) is 5.82 Å². The van der Waals surface area contributed by atoms with Gasteiger partial charge in [0.2, 0.25) is 0 Å². The van der Waals surface area contributed by atoms with Crippen LogP contribution >= 0.6 is 27.5 Å². The average Bonchev–Trinajstić information content (AvgIpc) is 2.85. The monoisotopic (exact) mass is 343 g/mol. The summed E-state index contributed by atoms with van der Waals surface area (Å²) in [6.45, 7) is 3.33. The SMILES string of the molecule is CCCn1ncnc1COc1c(Br)cccc1CCl. The van der Waals surface area contributed by atoms with E-state index in [4.69, 9.17) is 16.3 Å². The second kappa shape index (κ2) is 6.91. The first-order valence-electron chi connectivity index (χ1n) is 6.09. The zero-order valence-electron chi connectivity index (χ0n) is 10.6. The van der Waals surface area contributed by atoms with Crippen molar-refractivity contribution in [1.29, 1.82) is 0 Å². The Labute approximate surface area is 125 Å². The molecule has 0 fully saturated rings. The number of aryl methyl sites for hydroxylation is 1. The first-order chi connectivity index (χ1) is 9.26. The van der Waals surface area contributed by atoms with Crippen LogP contribution in [-0.4, -0.2) is 14.8 Å². The number of benzene rings is 1. The standard InChI is InChI=1S/C13H15BrClN3O/c1-2-6-18-12(16-9-17-18)8-19-13-10(7-15)4-3-5-11(13)14/h3-5,9H,2,6-8H2,1H3. The molecule has 0 N–H and O–H groups in total. The van der Waals surface area contributed by atoms with Gasteiger partial charge >= 0.3 is 0 Å². The molecule has 0 aliphatic rings. The summed E-state index contributed by atoms with van der Waals surface area (Å²) in [6, 6.07) is 5.82. The Morgan fingerprint density at radius 2 is 2.26 bits per heavy atom. The molecule has 0 unspecified atom stereocenters. The van der Waals surface area contributed by atoms with Crippen molar-refractivity contribution in [3.63, 3.8) is 0 Å². The van der Waals surface area contributed by atoms with Crippen LogP contribution in [0.3, 0.4) is 0 Å². The van der Waals surface area contributed by atoms with Gasteiger partial charge in [-0.15, -0.1) is 11.6 Å². The zero-order chi connectivity index (χ0) is 13.7. The predicted molar refractivity (Wildman–Crippen MR) is 78.3 cm³/mol. The molecule has 4 nitrogen and oxygen atoms in total. The van der Waals surface area contributed by atoms with Crippen LogP contribution in [0.1, 0.15) is 24.7 Å². The van der Waals surface area contributed by atoms with Gasteiger partial charge < -0.3 is 4.74 Å². The lowest BCUT2D eigenvalue weighted by Gasteiger charge is -2.12. The molecule has 0 saturated heterocycles. The average molecular weight is 345 g/mol. The second-order valence-electron chi connectivity index (χ2n) is 4.05. The second-order valence-corrected chi connectivity index (χ2v) is 5.17. The van der Waals surface area contributed by atoms with E-state index < -0.39 is 0 Å². The van der Waals surface area contributed by atoms with Gasteiger partial charge in [-0.25, -0.2) is 9.67 Å². The third kappa shape index (κ3) is 3.48. The van der Waals surface area contributed by atoms with Crippen LogP contribution in [0.4, 0.5) is 0 Å². The molecule has 102 valence electrons. The number of rotatable bonds is 6. The normalized spacial score (nSPS) is 10.7. The third-order valence-electron chi connectivity index (χ3n) is 2.67. The van der Waals surface area contributed by atoms with Crippen LogP contribution < -0.4 is 4.74 Å². The van der Waals surface area contributed by atoms with Gasteiger partial charge in [-0.1, -0.05) is 19.1 Å². The molecule has 0 bridgehead atoms. The van der Waals surface area contributed by atoms with Crippen molar-refractivity contribution in [2.24, 2.45) is 0 Å². The largest absolute Gasteiger partial charge is 0.484 e. The van der Waals surface area contributed by atoms with Crippen LogP contribution in [0.5, 0.6) is 5.75 Å². The maximum absolute atomic E-state index is 5.91. The van der Waals surface area contributed by atoms with E-state index in [1.54, 1.807) is 6.33 Å². The van der Waals surface area contributed by atoms with Gasteiger partial charge in [-0.2, -0.15) is 5.10 Å². The quantitative estimate of drug-likeness (QED) is 0.749. The molecule has 0 amide bonds. The molecule has 1 aromatic heterocycles. The molecular formula is C13H15BrClN3O. The van der Waals surface area contributed by atoms with Crippen LogP contribution in [0.25, 0.3) is 0 Å². The molecule has 0 saturated carbocycles. The highest BCUT2D eigenvalue weighted by molar-refractivity contribution is 9.10. The first-order valence-corrected chi connectivity index (χ1v) is 7.41. The molecule has 0 aliphatic carbocycles. The number of nitrogens with zero attached hydrogens (tertiary/aromatic N) is 3. The summed E-state index contributed by atoms with van der Waals surface area (Å²) in [7, 11) is 0. The van der Waals surface area contributed by atoms with Crippen molar-refractivity contribution in [2.45, 2.75) is 32.4 Å². The topological polar surface area (TPSA) is 39.9 Å². The molecule has 0 spiro atoms. The van der Waals surface area contributed by atoms with E-state index in [1.165, 1.54) is 0 Å². The fourth-order valence-electron chi connectivity index (χ4n) is 1.76. The van der Waals surface area contributed by atoms with Crippen molar-refractivity contribution in [3.8, 4) is 5.75 Å². The Bertz CT molecular complexity index is 544. The lowest BCUT2D eigenvalue weighted by atomic mass is 10.2. The van der Waals surface area contributed by atoms with Gasteiger partial charge in [-0.05, 0) is 28.4 Å². The maximum Gasteiger partial charge on any atom is 0.164 e. The Kier molecular flexibility index (Phi) is 5.22. The number of hydrogen-bond acceptors (Lipinski definition) is 3. The summed E-state index contributed by atoms with van der Waals surface area (Å²) in [5.41, 5.74) is 0.956. The molecule has 0 atom stereocenters. The lowest BCUT2D eigenvalue weighted by Crippen LogP contribution is -2.09. The third-order valence-corrected chi connectivity index (χ3v) is 3.58.